The Morgan fingerprint density at radius 2 is 1.41 bits per heavy atom. The van der Waals surface area contributed by atoms with Crippen LogP contribution in [-0.2, 0) is 10.1 Å². The predicted octanol–water partition coefficient (Wildman–Crippen LogP) is 3.96. The van der Waals surface area contributed by atoms with Crippen LogP contribution in [0.4, 0.5) is 0 Å². The number of allylic oxidation sites excluding steroid dienone is 2. The summed E-state index contributed by atoms with van der Waals surface area (Å²) in [6.07, 6.45) is 14.2. The zero-order chi connectivity index (χ0) is 13.0. The van der Waals surface area contributed by atoms with Gasteiger partial charge in [-0.05, 0) is 32.1 Å². The van der Waals surface area contributed by atoms with E-state index in [4.69, 9.17) is 4.55 Å². The molecule has 102 valence electrons. The summed E-state index contributed by atoms with van der Waals surface area (Å²) in [6, 6.07) is 0. The van der Waals surface area contributed by atoms with Crippen molar-refractivity contribution in [1.29, 1.82) is 0 Å². The summed E-state index contributed by atoms with van der Waals surface area (Å²) in [5.41, 5.74) is 0. The average molecular weight is 262 g/mol. The van der Waals surface area contributed by atoms with E-state index in [1.165, 1.54) is 25.7 Å². The second kappa shape index (κ2) is 10.8. The van der Waals surface area contributed by atoms with Gasteiger partial charge in [-0.3, -0.25) is 4.55 Å². The summed E-state index contributed by atoms with van der Waals surface area (Å²) in [7, 11) is -3.75. The molecule has 0 radical (unpaired) electrons. The van der Waals surface area contributed by atoms with Crippen molar-refractivity contribution in [3.8, 4) is 0 Å². The average Bonchev–Trinajstić information content (AvgIpc) is 2.24. The highest BCUT2D eigenvalue weighted by atomic mass is 32.2. The van der Waals surface area contributed by atoms with Crippen LogP contribution in [0.5, 0.6) is 0 Å². The van der Waals surface area contributed by atoms with Gasteiger partial charge in [0, 0.05) is 0 Å². The Bertz CT molecular complexity index is 281. The molecular weight excluding hydrogens is 236 g/mol. The van der Waals surface area contributed by atoms with Crippen LogP contribution in [0.15, 0.2) is 12.2 Å². The first kappa shape index (κ1) is 16.6. The van der Waals surface area contributed by atoms with Gasteiger partial charge in [0.05, 0.1) is 5.75 Å². The van der Waals surface area contributed by atoms with Crippen LogP contribution in [0.25, 0.3) is 0 Å². The van der Waals surface area contributed by atoms with Crippen molar-refractivity contribution in [1.82, 2.24) is 0 Å². The van der Waals surface area contributed by atoms with Crippen molar-refractivity contribution in [2.75, 3.05) is 5.75 Å². The van der Waals surface area contributed by atoms with Crippen LogP contribution in [0, 0.1) is 0 Å². The Labute approximate surface area is 106 Å². The lowest BCUT2D eigenvalue weighted by Crippen LogP contribution is -2.03. The Morgan fingerprint density at radius 1 is 0.882 bits per heavy atom. The third-order valence-electron chi connectivity index (χ3n) is 2.66. The van der Waals surface area contributed by atoms with E-state index in [1.54, 1.807) is 0 Å². The predicted molar refractivity (Wildman–Crippen MR) is 72.8 cm³/mol. The van der Waals surface area contributed by atoms with Gasteiger partial charge < -0.3 is 0 Å². The second-order valence-electron chi connectivity index (χ2n) is 4.46. The molecule has 0 rings (SSSR count). The third kappa shape index (κ3) is 15.6. The molecule has 0 saturated carbocycles. The first-order valence-corrected chi connectivity index (χ1v) is 8.27. The molecule has 0 amide bonds. The van der Waals surface area contributed by atoms with Crippen LogP contribution in [0.1, 0.15) is 64.7 Å². The largest absolute Gasteiger partial charge is 0.286 e. The van der Waals surface area contributed by atoms with Gasteiger partial charge in [-0.25, -0.2) is 0 Å². The van der Waals surface area contributed by atoms with Crippen molar-refractivity contribution in [3.63, 3.8) is 0 Å². The number of rotatable bonds is 11. The van der Waals surface area contributed by atoms with Crippen LogP contribution in [0.2, 0.25) is 0 Å². The summed E-state index contributed by atoms with van der Waals surface area (Å²) >= 11 is 0. The minimum absolute atomic E-state index is 0.0974. The Morgan fingerprint density at radius 3 is 1.94 bits per heavy atom. The first-order valence-electron chi connectivity index (χ1n) is 6.66. The molecule has 3 nitrogen and oxygen atoms in total. The van der Waals surface area contributed by atoms with Crippen LogP contribution in [0.3, 0.4) is 0 Å². The molecule has 0 fully saturated rings. The van der Waals surface area contributed by atoms with E-state index in [9.17, 15) is 8.42 Å². The van der Waals surface area contributed by atoms with E-state index in [-0.39, 0.29) is 5.75 Å². The summed E-state index contributed by atoms with van der Waals surface area (Å²) in [4.78, 5) is 0. The molecule has 0 aromatic rings. The Kier molecular flexibility index (Phi) is 10.6. The van der Waals surface area contributed by atoms with Crippen molar-refractivity contribution >= 4 is 10.1 Å². The molecule has 0 unspecified atom stereocenters. The molecule has 0 bridgehead atoms. The Hall–Kier alpha value is -0.350. The zero-order valence-corrected chi connectivity index (χ0v) is 11.7. The van der Waals surface area contributed by atoms with Crippen molar-refractivity contribution < 1.29 is 13.0 Å². The molecule has 0 aliphatic heterocycles. The second-order valence-corrected chi connectivity index (χ2v) is 6.03. The highest BCUT2D eigenvalue weighted by molar-refractivity contribution is 7.85. The van der Waals surface area contributed by atoms with E-state index < -0.39 is 10.1 Å². The fraction of sp³-hybridized carbons (Fsp3) is 0.846. The maximum atomic E-state index is 10.4. The number of hydrogen-bond donors (Lipinski definition) is 1. The summed E-state index contributed by atoms with van der Waals surface area (Å²) < 4.78 is 29.4. The van der Waals surface area contributed by atoms with Gasteiger partial charge in [0.15, 0.2) is 0 Å². The van der Waals surface area contributed by atoms with Crippen LogP contribution in [-0.4, -0.2) is 18.7 Å². The maximum absolute atomic E-state index is 10.4. The molecule has 0 atom stereocenters. The zero-order valence-electron chi connectivity index (χ0n) is 10.9. The lowest BCUT2D eigenvalue weighted by Gasteiger charge is -1.98. The molecule has 4 heteroatoms. The van der Waals surface area contributed by atoms with E-state index in [1.807, 2.05) is 0 Å². The minimum Gasteiger partial charge on any atom is -0.286 e. The van der Waals surface area contributed by atoms with Gasteiger partial charge in [0.2, 0.25) is 0 Å². The molecule has 0 saturated heterocycles. The highest BCUT2D eigenvalue weighted by Crippen LogP contribution is 2.06. The van der Waals surface area contributed by atoms with Gasteiger partial charge in [0.25, 0.3) is 10.1 Å². The summed E-state index contributed by atoms with van der Waals surface area (Å²) in [6.45, 7) is 2.20. The normalized spacial score (nSPS) is 12.4. The number of hydrogen-bond acceptors (Lipinski definition) is 2. The third-order valence-corrected chi connectivity index (χ3v) is 3.47. The van der Waals surface area contributed by atoms with E-state index in [2.05, 4.69) is 19.1 Å². The van der Waals surface area contributed by atoms with E-state index in [0.29, 0.717) is 6.42 Å². The molecule has 0 aromatic heterocycles. The lowest BCUT2D eigenvalue weighted by molar-refractivity contribution is 0.479. The fourth-order valence-electron chi connectivity index (χ4n) is 1.65. The smallest absolute Gasteiger partial charge is 0.264 e. The van der Waals surface area contributed by atoms with Gasteiger partial charge in [0.1, 0.15) is 0 Å². The van der Waals surface area contributed by atoms with Gasteiger partial charge in [-0.1, -0.05) is 44.8 Å². The molecule has 0 heterocycles. The SMILES string of the molecule is CCCCC/C=C/CCCCCCS(=O)(=O)O. The first-order chi connectivity index (χ1) is 8.06. The molecular formula is C13H26O3S. The van der Waals surface area contributed by atoms with Crippen molar-refractivity contribution in [3.05, 3.63) is 12.2 Å². The minimum atomic E-state index is -3.75. The van der Waals surface area contributed by atoms with Crippen LogP contribution < -0.4 is 0 Å². The van der Waals surface area contributed by atoms with E-state index in [0.717, 1.165) is 25.7 Å². The van der Waals surface area contributed by atoms with Gasteiger partial charge >= 0.3 is 0 Å². The lowest BCUT2D eigenvalue weighted by atomic mass is 10.1. The molecule has 0 aliphatic rings. The summed E-state index contributed by atoms with van der Waals surface area (Å²) in [5.74, 6) is -0.0974. The topological polar surface area (TPSA) is 54.4 Å². The monoisotopic (exact) mass is 262 g/mol. The van der Waals surface area contributed by atoms with Gasteiger partial charge in [-0.2, -0.15) is 8.42 Å². The summed E-state index contributed by atoms with van der Waals surface area (Å²) in [5, 5.41) is 0. The van der Waals surface area contributed by atoms with Crippen molar-refractivity contribution in [2.45, 2.75) is 64.7 Å². The molecule has 0 aromatic carbocycles. The Balaban J connectivity index is 3.18. The molecule has 17 heavy (non-hydrogen) atoms. The molecule has 0 aliphatic carbocycles. The van der Waals surface area contributed by atoms with Crippen molar-refractivity contribution in [2.24, 2.45) is 0 Å². The molecule has 1 N–H and O–H groups in total. The maximum Gasteiger partial charge on any atom is 0.264 e. The van der Waals surface area contributed by atoms with Gasteiger partial charge in [-0.15, -0.1) is 0 Å². The van der Waals surface area contributed by atoms with E-state index >= 15 is 0 Å². The number of unbranched alkanes of at least 4 members (excludes halogenated alkanes) is 7. The fourth-order valence-corrected chi connectivity index (χ4v) is 2.22. The highest BCUT2D eigenvalue weighted by Gasteiger charge is 2.02. The molecule has 0 spiro atoms. The van der Waals surface area contributed by atoms with Crippen LogP contribution >= 0.6 is 0 Å². The quantitative estimate of drug-likeness (QED) is 0.348. The standard InChI is InChI=1S/C13H26O3S/c1-2-3-4-5-6-7-8-9-10-11-12-13-17(14,15)16/h6-7H,2-5,8-13H2,1H3,(H,14,15,16)/b7-6+.